The Morgan fingerprint density at radius 2 is 1.56 bits per heavy atom. The Labute approximate surface area is 107 Å². The molecule has 0 aliphatic rings. The van der Waals surface area contributed by atoms with Crippen LogP contribution in [0.15, 0.2) is 54.6 Å². The van der Waals surface area contributed by atoms with Crippen LogP contribution in [0.4, 0.5) is 0 Å². The molecule has 2 aromatic rings. The van der Waals surface area contributed by atoms with Gasteiger partial charge in [-0.1, -0.05) is 42.5 Å². The van der Waals surface area contributed by atoms with E-state index in [9.17, 15) is 4.57 Å². The van der Waals surface area contributed by atoms with Crippen LogP contribution in [-0.2, 0) is 11.0 Å². The van der Waals surface area contributed by atoms with E-state index in [0.717, 1.165) is 12.0 Å². The zero-order valence-corrected chi connectivity index (χ0v) is 11.0. The summed E-state index contributed by atoms with van der Waals surface area (Å²) < 4.78 is 16.0. The lowest BCUT2D eigenvalue weighted by Gasteiger charge is -2.09. The molecule has 0 bridgehead atoms. The van der Waals surface area contributed by atoms with Crippen molar-refractivity contribution in [1.82, 2.24) is 0 Å². The maximum atomic E-state index is 11.1. The van der Waals surface area contributed by atoms with Crippen LogP contribution in [0.3, 0.4) is 0 Å². The summed E-state index contributed by atoms with van der Waals surface area (Å²) in [6, 6.07) is 17.4. The molecule has 0 amide bonds. The molecule has 0 aliphatic heterocycles. The predicted octanol–water partition coefficient (Wildman–Crippen LogP) is 3.47. The van der Waals surface area contributed by atoms with Gasteiger partial charge < -0.3 is 9.42 Å². The summed E-state index contributed by atoms with van der Waals surface area (Å²) in [4.78, 5) is 9.11. The monoisotopic (exact) mass is 262 g/mol. The van der Waals surface area contributed by atoms with Crippen LogP contribution in [0, 0.1) is 0 Å². The second kappa shape index (κ2) is 5.38. The van der Waals surface area contributed by atoms with Crippen LogP contribution in [0.5, 0.6) is 5.75 Å². The molecule has 1 atom stereocenters. The van der Waals surface area contributed by atoms with Crippen molar-refractivity contribution in [3.63, 3.8) is 0 Å². The fourth-order valence-corrected chi connectivity index (χ4v) is 2.21. The Bertz CT molecular complexity index is 543. The Morgan fingerprint density at radius 1 is 1.00 bits per heavy atom. The van der Waals surface area contributed by atoms with Gasteiger partial charge in [-0.3, -0.25) is 0 Å². The van der Waals surface area contributed by atoms with E-state index in [2.05, 4.69) is 12.1 Å². The minimum atomic E-state index is -3.47. The van der Waals surface area contributed by atoms with Gasteiger partial charge in [0.1, 0.15) is 5.75 Å². The summed E-state index contributed by atoms with van der Waals surface area (Å²) in [5.41, 5.74) is 2.37. The molecule has 0 aromatic heterocycles. The normalized spacial score (nSPS) is 13.9. The second-order valence-corrected chi connectivity index (χ2v) is 5.99. The lowest BCUT2D eigenvalue weighted by Crippen LogP contribution is -1.91. The minimum Gasteiger partial charge on any atom is -0.425 e. The third-order valence-electron chi connectivity index (χ3n) is 2.45. The van der Waals surface area contributed by atoms with E-state index in [0.29, 0.717) is 5.75 Å². The molecule has 1 unspecified atom stereocenters. The van der Waals surface area contributed by atoms with Gasteiger partial charge >= 0.3 is 7.60 Å². The number of hydrogen-bond acceptors (Lipinski definition) is 2. The fraction of sp³-hybridized carbons (Fsp3) is 0.143. The Kier molecular flexibility index (Phi) is 3.85. The highest BCUT2D eigenvalue weighted by molar-refractivity contribution is 7.52. The average Bonchev–Trinajstić information content (AvgIpc) is 2.31. The SMILES string of the molecule is CP(=O)(O)Oc1ccc(Cc2ccccc2)cc1. The summed E-state index contributed by atoms with van der Waals surface area (Å²) in [6.45, 7) is 1.17. The Hall–Kier alpha value is -1.57. The van der Waals surface area contributed by atoms with E-state index < -0.39 is 7.60 Å². The number of hydrogen-bond donors (Lipinski definition) is 1. The molecule has 4 heteroatoms. The zero-order chi connectivity index (χ0) is 13.0. The van der Waals surface area contributed by atoms with Gasteiger partial charge in [0.15, 0.2) is 0 Å². The van der Waals surface area contributed by atoms with Crippen LogP contribution in [-0.4, -0.2) is 11.6 Å². The molecule has 0 spiro atoms. The van der Waals surface area contributed by atoms with Gasteiger partial charge in [-0.05, 0) is 29.7 Å². The molecule has 18 heavy (non-hydrogen) atoms. The number of benzene rings is 2. The van der Waals surface area contributed by atoms with Crippen LogP contribution in [0.2, 0.25) is 0 Å². The first-order chi connectivity index (χ1) is 8.53. The lowest BCUT2D eigenvalue weighted by molar-refractivity contribution is 0.387. The standard InChI is InChI=1S/C14H15O3P/c1-18(15,16)17-14-9-7-13(8-10-14)11-12-5-3-2-4-6-12/h2-10H,11H2,1H3,(H,15,16). The van der Waals surface area contributed by atoms with E-state index in [-0.39, 0.29) is 0 Å². The van der Waals surface area contributed by atoms with Crippen LogP contribution in [0.25, 0.3) is 0 Å². The largest absolute Gasteiger partial charge is 0.425 e. The summed E-state index contributed by atoms with van der Waals surface area (Å²) in [7, 11) is -3.47. The van der Waals surface area contributed by atoms with Gasteiger partial charge in [0.25, 0.3) is 0 Å². The fourth-order valence-electron chi connectivity index (χ4n) is 1.70. The van der Waals surface area contributed by atoms with Gasteiger partial charge in [-0.2, -0.15) is 0 Å². The van der Waals surface area contributed by atoms with Gasteiger partial charge in [-0.15, -0.1) is 0 Å². The lowest BCUT2D eigenvalue weighted by atomic mass is 10.1. The molecule has 3 nitrogen and oxygen atoms in total. The minimum absolute atomic E-state index is 0.417. The molecule has 0 fully saturated rings. The molecule has 94 valence electrons. The summed E-state index contributed by atoms with van der Waals surface area (Å²) in [5.74, 6) is 0.417. The van der Waals surface area contributed by atoms with Crippen LogP contribution in [0.1, 0.15) is 11.1 Å². The van der Waals surface area contributed by atoms with Crippen molar-refractivity contribution in [2.45, 2.75) is 6.42 Å². The molecular weight excluding hydrogens is 247 g/mol. The van der Waals surface area contributed by atoms with E-state index in [1.807, 2.05) is 30.3 Å². The van der Waals surface area contributed by atoms with E-state index >= 15 is 0 Å². The summed E-state index contributed by atoms with van der Waals surface area (Å²) in [5, 5.41) is 0. The highest BCUT2D eigenvalue weighted by atomic mass is 31.2. The molecular formula is C14H15O3P. The highest BCUT2D eigenvalue weighted by Gasteiger charge is 2.11. The maximum Gasteiger partial charge on any atom is 0.373 e. The first-order valence-corrected chi connectivity index (χ1v) is 7.68. The molecule has 0 saturated heterocycles. The van der Waals surface area contributed by atoms with Crippen molar-refractivity contribution >= 4 is 7.60 Å². The molecule has 0 saturated carbocycles. The topological polar surface area (TPSA) is 46.5 Å². The predicted molar refractivity (Wildman–Crippen MR) is 72.1 cm³/mol. The maximum absolute atomic E-state index is 11.1. The molecule has 0 aliphatic carbocycles. The van der Waals surface area contributed by atoms with Gasteiger partial charge in [0, 0.05) is 6.66 Å². The molecule has 2 rings (SSSR count). The molecule has 0 radical (unpaired) electrons. The quantitative estimate of drug-likeness (QED) is 0.858. The van der Waals surface area contributed by atoms with Crippen molar-refractivity contribution in [3.05, 3.63) is 65.7 Å². The zero-order valence-electron chi connectivity index (χ0n) is 10.1. The Morgan fingerprint density at radius 3 is 2.11 bits per heavy atom. The van der Waals surface area contributed by atoms with Crippen molar-refractivity contribution in [2.75, 3.05) is 6.66 Å². The average molecular weight is 262 g/mol. The van der Waals surface area contributed by atoms with Gasteiger partial charge in [0.05, 0.1) is 0 Å². The second-order valence-electron chi connectivity index (χ2n) is 4.20. The van der Waals surface area contributed by atoms with Gasteiger partial charge in [0.2, 0.25) is 0 Å². The first-order valence-electron chi connectivity index (χ1n) is 5.66. The first kappa shape index (κ1) is 12.9. The van der Waals surface area contributed by atoms with Crippen molar-refractivity contribution in [2.24, 2.45) is 0 Å². The van der Waals surface area contributed by atoms with Crippen molar-refractivity contribution in [3.8, 4) is 5.75 Å². The molecule has 1 N–H and O–H groups in total. The van der Waals surface area contributed by atoms with Crippen LogP contribution >= 0.6 is 7.60 Å². The third-order valence-corrected chi connectivity index (χ3v) is 3.00. The van der Waals surface area contributed by atoms with Crippen molar-refractivity contribution in [1.29, 1.82) is 0 Å². The molecule has 0 heterocycles. The smallest absolute Gasteiger partial charge is 0.373 e. The molecule has 2 aromatic carbocycles. The number of rotatable bonds is 4. The van der Waals surface area contributed by atoms with E-state index in [1.165, 1.54) is 12.2 Å². The van der Waals surface area contributed by atoms with E-state index in [1.54, 1.807) is 12.1 Å². The third kappa shape index (κ3) is 4.02. The highest BCUT2D eigenvalue weighted by Crippen LogP contribution is 2.37. The summed E-state index contributed by atoms with van der Waals surface area (Å²) >= 11 is 0. The summed E-state index contributed by atoms with van der Waals surface area (Å²) in [6.07, 6.45) is 0.837. The Balaban J connectivity index is 2.06. The van der Waals surface area contributed by atoms with E-state index in [4.69, 9.17) is 9.42 Å². The van der Waals surface area contributed by atoms with Crippen LogP contribution < -0.4 is 4.52 Å². The van der Waals surface area contributed by atoms with Crippen molar-refractivity contribution < 1.29 is 14.0 Å². The van der Waals surface area contributed by atoms with Gasteiger partial charge in [-0.25, -0.2) is 4.57 Å².